The van der Waals surface area contributed by atoms with Crippen molar-refractivity contribution in [2.75, 3.05) is 19.8 Å². The number of hydrogen-bond acceptors (Lipinski definition) is 6. The smallest absolute Gasteiger partial charge is 0.332 e. The predicted molar refractivity (Wildman–Crippen MR) is 92.9 cm³/mol. The molecule has 3 amide bonds. The molecule has 0 bridgehead atoms. The fourth-order valence-corrected chi connectivity index (χ4v) is 2.40. The van der Waals surface area contributed by atoms with Gasteiger partial charge in [0.1, 0.15) is 6.54 Å². The van der Waals surface area contributed by atoms with Crippen molar-refractivity contribution in [1.82, 2.24) is 29.3 Å². The van der Waals surface area contributed by atoms with Crippen LogP contribution in [0.25, 0.3) is 11.2 Å². The number of carbonyl (C=O) groups excluding carboxylic acids is 2. The van der Waals surface area contributed by atoms with Gasteiger partial charge in [0.25, 0.3) is 5.56 Å². The summed E-state index contributed by atoms with van der Waals surface area (Å²) in [5, 5.41) is 4.72. The molecule has 0 atom stereocenters. The number of aryl methyl sites for hydroxylation is 1. The highest BCUT2D eigenvalue weighted by Gasteiger charge is 2.16. The maximum atomic E-state index is 12.3. The number of nitrogens with one attached hydrogen (secondary N) is 2. The van der Waals surface area contributed by atoms with Crippen LogP contribution in [0.1, 0.15) is 13.3 Å². The zero-order chi connectivity index (χ0) is 19.3. The first-order chi connectivity index (χ1) is 12.4. The Labute approximate surface area is 148 Å². The van der Waals surface area contributed by atoms with Crippen LogP contribution < -0.4 is 21.9 Å². The minimum absolute atomic E-state index is 0.113. The number of imide groups is 1. The summed E-state index contributed by atoms with van der Waals surface area (Å²) >= 11 is 0. The molecule has 0 aliphatic heterocycles. The Hall–Kier alpha value is -2.95. The molecule has 0 spiro atoms. The van der Waals surface area contributed by atoms with Gasteiger partial charge >= 0.3 is 11.7 Å². The van der Waals surface area contributed by atoms with Gasteiger partial charge in [0.15, 0.2) is 11.2 Å². The summed E-state index contributed by atoms with van der Waals surface area (Å²) in [6, 6.07) is -0.628. The van der Waals surface area contributed by atoms with Crippen molar-refractivity contribution >= 4 is 23.1 Å². The third-order valence-electron chi connectivity index (χ3n) is 3.74. The largest absolute Gasteiger partial charge is 0.382 e. The van der Waals surface area contributed by atoms with Gasteiger partial charge in [0, 0.05) is 33.9 Å². The lowest BCUT2D eigenvalue weighted by Crippen LogP contribution is -2.42. The van der Waals surface area contributed by atoms with E-state index in [0.717, 1.165) is 4.57 Å². The van der Waals surface area contributed by atoms with E-state index in [1.54, 1.807) is 0 Å². The van der Waals surface area contributed by atoms with Gasteiger partial charge in [-0.3, -0.25) is 24.0 Å². The van der Waals surface area contributed by atoms with Gasteiger partial charge in [-0.25, -0.2) is 14.6 Å². The first-order valence-electron chi connectivity index (χ1n) is 8.13. The van der Waals surface area contributed by atoms with Crippen LogP contribution in [0.2, 0.25) is 0 Å². The van der Waals surface area contributed by atoms with Crippen molar-refractivity contribution in [2.24, 2.45) is 14.1 Å². The van der Waals surface area contributed by atoms with Crippen molar-refractivity contribution in [3.05, 3.63) is 27.2 Å². The normalized spacial score (nSPS) is 10.9. The maximum absolute atomic E-state index is 12.3. The third-order valence-corrected chi connectivity index (χ3v) is 3.74. The quantitative estimate of drug-likeness (QED) is 0.585. The summed E-state index contributed by atoms with van der Waals surface area (Å²) < 4.78 is 8.59. The van der Waals surface area contributed by atoms with Gasteiger partial charge < -0.3 is 14.6 Å². The van der Waals surface area contributed by atoms with Crippen LogP contribution in [0.5, 0.6) is 0 Å². The van der Waals surface area contributed by atoms with E-state index < -0.39 is 23.2 Å². The fraction of sp³-hybridized carbons (Fsp3) is 0.533. The number of aromatic nitrogens is 4. The van der Waals surface area contributed by atoms with Gasteiger partial charge in [-0.05, 0) is 13.3 Å². The number of imidazole rings is 1. The number of urea groups is 1. The van der Waals surface area contributed by atoms with E-state index >= 15 is 0 Å². The number of ether oxygens (including phenoxy) is 1. The van der Waals surface area contributed by atoms with Crippen LogP contribution in [0.15, 0.2) is 15.9 Å². The van der Waals surface area contributed by atoms with Gasteiger partial charge in [0.2, 0.25) is 5.91 Å². The Kier molecular flexibility index (Phi) is 6.28. The second-order valence-electron chi connectivity index (χ2n) is 5.60. The van der Waals surface area contributed by atoms with Gasteiger partial charge in [-0.1, -0.05) is 0 Å². The minimum atomic E-state index is -0.628. The molecule has 0 saturated heterocycles. The van der Waals surface area contributed by atoms with Crippen molar-refractivity contribution in [3.8, 4) is 0 Å². The summed E-state index contributed by atoms with van der Waals surface area (Å²) in [6.45, 7) is 3.10. The van der Waals surface area contributed by atoms with Crippen molar-refractivity contribution < 1.29 is 14.3 Å². The van der Waals surface area contributed by atoms with Gasteiger partial charge in [-0.2, -0.15) is 0 Å². The third kappa shape index (κ3) is 4.17. The van der Waals surface area contributed by atoms with E-state index in [0.29, 0.717) is 26.2 Å². The van der Waals surface area contributed by atoms with Crippen LogP contribution in [-0.4, -0.2) is 50.4 Å². The Morgan fingerprint density at radius 1 is 1.23 bits per heavy atom. The van der Waals surface area contributed by atoms with Crippen molar-refractivity contribution in [2.45, 2.75) is 19.9 Å². The van der Waals surface area contributed by atoms with E-state index in [1.807, 2.05) is 6.92 Å². The highest BCUT2D eigenvalue weighted by molar-refractivity contribution is 5.94. The van der Waals surface area contributed by atoms with Gasteiger partial charge in [-0.15, -0.1) is 0 Å². The van der Waals surface area contributed by atoms with E-state index in [2.05, 4.69) is 15.6 Å². The van der Waals surface area contributed by atoms with Crippen LogP contribution in [0, 0.1) is 0 Å². The Morgan fingerprint density at radius 3 is 2.65 bits per heavy atom. The second-order valence-corrected chi connectivity index (χ2v) is 5.60. The molecule has 11 nitrogen and oxygen atoms in total. The molecular weight excluding hydrogens is 344 g/mol. The average Bonchev–Trinajstić information content (AvgIpc) is 3.01. The first kappa shape index (κ1) is 19.4. The molecule has 0 radical (unpaired) electrons. The van der Waals surface area contributed by atoms with Crippen LogP contribution in [-0.2, 0) is 30.2 Å². The minimum Gasteiger partial charge on any atom is -0.382 e. The SMILES string of the molecule is CCOCCCNC(=O)NC(=O)Cn1cnc2c1c(=O)n(C)c(=O)n2C. The molecule has 2 heterocycles. The lowest BCUT2D eigenvalue weighted by molar-refractivity contribution is -0.120. The molecule has 142 valence electrons. The zero-order valence-electron chi connectivity index (χ0n) is 14.9. The number of hydrogen-bond donors (Lipinski definition) is 2. The van der Waals surface area contributed by atoms with Crippen molar-refractivity contribution in [3.63, 3.8) is 0 Å². The molecule has 2 rings (SSSR count). The average molecular weight is 366 g/mol. The number of amides is 3. The Bertz CT molecular complexity index is 925. The topological polar surface area (TPSA) is 129 Å². The summed E-state index contributed by atoms with van der Waals surface area (Å²) in [4.78, 5) is 51.9. The first-order valence-corrected chi connectivity index (χ1v) is 8.13. The molecule has 2 N–H and O–H groups in total. The highest BCUT2D eigenvalue weighted by atomic mass is 16.5. The maximum Gasteiger partial charge on any atom is 0.332 e. The molecule has 0 fully saturated rings. The molecule has 26 heavy (non-hydrogen) atoms. The Morgan fingerprint density at radius 2 is 1.96 bits per heavy atom. The summed E-state index contributed by atoms with van der Waals surface area (Å²) in [5.74, 6) is -0.609. The van der Waals surface area contributed by atoms with E-state index in [9.17, 15) is 19.2 Å². The van der Waals surface area contributed by atoms with Crippen LogP contribution in [0.4, 0.5) is 4.79 Å². The zero-order valence-corrected chi connectivity index (χ0v) is 14.9. The van der Waals surface area contributed by atoms with Crippen molar-refractivity contribution in [1.29, 1.82) is 0 Å². The number of rotatable bonds is 7. The summed E-state index contributed by atoms with van der Waals surface area (Å²) in [6.07, 6.45) is 1.91. The molecule has 0 aliphatic carbocycles. The molecule has 2 aromatic heterocycles. The lowest BCUT2D eigenvalue weighted by atomic mass is 10.4. The van der Waals surface area contributed by atoms with E-state index in [1.165, 1.54) is 29.6 Å². The molecule has 11 heteroatoms. The fourth-order valence-electron chi connectivity index (χ4n) is 2.40. The van der Waals surface area contributed by atoms with Crippen LogP contribution >= 0.6 is 0 Å². The number of fused-ring (bicyclic) bond motifs is 1. The summed E-state index contributed by atoms with van der Waals surface area (Å²) in [5.41, 5.74) is -0.787. The standard InChI is InChI=1S/C15H22N6O5/c1-4-26-7-5-6-16-14(24)18-10(22)8-21-9-17-12-11(21)13(23)20(3)15(25)19(12)2/h9H,4-8H2,1-3H3,(H2,16,18,22,24). The van der Waals surface area contributed by atoms with E-state index in [4.69, 9.17) is 4.74 Å². The number of nitrogens with zero attached hydrogens (tertiary/aromatic N) is 4. The van der Waals surface area contributed by atoms with E-state index in [-0.39, 0.29) is 17.7 Å². The second kappa shape index (κ2) is 8.43. The lowest BCUT2D eigenvalue weighted by Gasteiger charge is -2.08. The molecular formula is C15H22N6O5. The molecule has 0 aromatic carbocycles. The Balaban J connectivity index is 2.03. The molecule has 0 unspecified atom stereocenters. The monoisotopic (exact) mass is 366 g/mol. The summed E-state index contributed by atoms with van der Waals surface area (Å²) in [7, 11) is 2.83. The van der Waals surface area contributed by atoms with Gasteiger partial charge in [0.05, 0.1) is 6.33 Å². The number of carbonyl (C=O) groups is 2. The molecule has 0 saturated carbocycles. The molecule has 0 aliphatic rings. The van der Waals surface area contributed by atoms with Crippen LogP contribution in [0.3, 0.4) is 0 Å². The predicted octanol–water partition coefficient (Wildman–Crippen LogP) is -1.31. The molecule has 2 aromatic rings. The highest BCUT2D eigenvalue weighted by Crippen LogP contribution is 2.04.